The van der Waals surface area contributed by atoms with Gasteiger partial charge >= 0.3 is 5.69 Å². The minimum Gasteiger partial charge on any atom is -0.486 e. The standard InChI is InChI=1S/C16H11ClFN3O4S/c17-13-5-19-6-14(21(22)23)16(13)25-7-11-9-26-15(20-11)8-24-12-3-1-10(18)2-4-12/h1-6,9H,7-8H2. The summed E-state index contributed by atoms with van der Waals surface area (Å²) < 4.78 is 23.8. The van der Waals surface area contributed by atoms with Crippen molar-refractivity contribution < 1.29 is 18.8 Å². The maximum atomic E-state index is 12.8. The summed E-state index contributed by atoms with van der Waals surface area (Å²) in [7, 11) is 0. The summed E-state index contributed by atoms with van der Waals surface area (Å²) in [6.45, 7) is 0.226. The zero-order valence-electron chi connectivity index (χ0n) is 13.1. The predicted molar refractivity (Wildman–Crippen MR) is 93.1 cm³/mol. The van der Waals surface area contributed by atoms with Crippen molar-refractivity contribution in [1.29, 1.82) is 0 Å². The van der Waals surface area contributed by atoms with Crippen LogP contribution < -0.4 is 9.47 Å². The minimum atomic E-state index is -0.614. The van der Waals surface area contributed by atoms with Crippen LogP contribution in [0.3, 0.4) is 0 Å². The van der Waals surface area contributed by atoms with Gasteiger partial charge in [0.15, 0.2) is 0 Å². The second-order valence-corrected chi connectivity index (χ2v) is 6.34. The lowest BCUT2D eigenvalue weighted by Gasteiger charge is -2.06. The van der Waals surface area contributed by atoms with Gasteiger partial charge in [-0.1, -0.05) is 11.6 Å². The van der Waals surface area contributed by atoms with Crippen molar-refractivity contribution >= 4 is 28.6 Å². The number of ether oxygens (including phenoxy) is 2. The molecule has 0 aliphatic carbocycles. The van der Waals surface area contributed by atoms with Crippen LogP contribution in [0.15, 0.2) is 42.0 Å². The van der Waals surface area contributed by atoms with Crippen LogP contribution in [0.1, 0.15) is 10.7 Å². The summed E-state index contributed by atoms with van der Waals surface area (Å²) in [5.74, 6) is 0.136. The molecule has 7 nitrogen and oxygen atoms in total. The molecule has 10 heteroatoms. The van der Waals surface area contributed by atoms with E-state index in [0.717, 1.165) is 6.20 Å². The summed E-state index contributed by atoms with van der Waals surface area (Å²) in [4.78, 5) is 18.4. The van der Waals surface area contributed by atoms with Gasteiger partial charge in [-0.05, 0) is 24.3 Å². The highest BCUT2D eigenvalue weighted by Gasteiger charge is 2.19. The third-order valence-electron chi connectivity index (χ3n) is 3.17. The van der Waals surface area contributed by atoms with Crippen LogP contribution in [-0.2, 0) is 13.2 Å². The van der Waals surface area contributed by atoms with Crippen LogP contribution in [0.25, 0.3) is 0 Å². The molecule has 0 saturated heterocycles. The van der Waals surface area contributed by atoms with E-state index in [2.05, 4.69) is 9.97 Å². The number of nitrogens with zero attached hydrogens (tertiary/aromatic N) is 3. The smallest absolute Gasteiger partial charge is 0.330 e. The summed E-state index contributed by atoms with van der Waals surface area (Å²) in [5.41, 5.74) is 0.266. The van der Waals surface area contributed by atoms with Gasteiger partial charge in [0.2, 0.25) is 5.75 Å². The van der Waals surface area contributed by atoms with E-state index in [0.29, 0.717) is 16.5 Å². The topological polar surface area (TPSA) is 87.4 Å². The van der Waals surface area contributed by atoms with Gasteiger partial charge < -0.3 is 9.47 Å². The lowest BCUT2D eigenvalue weighted by atomic mass is 10.3. The fourth-order valence-corrected chi connectivity index (χ4v) is 2.89. The molecule has 0 spiro atoms. The molecule has 0 atom stereocenters. The Balaban J connectivity index is 1.61. The highest BCUT2D eigenvalue weighted by atomic mass is 35.5. The number of thiazole rings is 1. The first-order valence-electron chi connectivity index (χ1n) is 7.25. The van der Waals surface area contributed by atoms with Gasteiger partial charge in [0.25, 0.3) is 0 Å². The lowest BCUT2D eigenvalue weighted by molar-refractivity contribution is -0.386. The van der Waals surface area contributed by atoms with Crippen LogP contribution in [0, 0.1) is 15.9 Å². The van der Waals surface area contributed by atoms with E-state index in [-0.39, 0.29) is 35.5 Å². The zero-order valence-corrected chi connectivity index (χ0v) is 14.7. The van der Waals surface area contributed by atoms with Crippen molar-refractivity contribution in [2.75, 3.05) is 0 Å². The molecule has 2 heterocycles. The van der Waals surface area contributed by atoms with Crippen LogP contribution >= 0.6 is 22.9 Å². The molecule has 134 valence electrons. The van der Waals surface area contributed by atoms with Gasteiger partial charge in [-0.15, -0.1) is 11.3 Å². The van der Waals surface area contributed by atoms with Crippen LogP contribution in [0.2, 0.25) is 5.02 Å². The van der Waals surface area contributed by atoms with Gasteiger partial charge in [-0.25, -0.2) is 9.37 Å². The Kier molecular flexibility index (Phi) is 5.59. The third kappa shape index (κ3) is 4.44. The summed E-state index contributed by atoms with van der Waals surface area (Å²) in [6, 6.07) is 5.67. The molecule has 0 aliphatic heterocycles. The average molecular weight is 396 g/mol. The van der Waals surface area contributed by atoms with Crippen molar-refractivity contribution in [3.8, 4) is 11.5 Å². The van der Waals surface area contributed by atoms with Gasteiger partial charge in [0.1, 0.15) is 41.0 Å². The fraction of sp³-hybridized carbons (Fsp3) is 0.125. The van der Waals surface area contributed by atoms with Gasteiger partial charge in [0, 0.05) is 11.6 Å². The van der Waals surface area contributed by atoms with Gasteiger partial charge in [-0.3, -0.25) is 15.1 Å². The summed E-state index contributed by atoms with van der Waals surface area (Å²) in [5, 5.41) is 13.5. The molecule has 0 saturated carbocycles. The fourth-order valence-electron chi connectivity index (χ4n) is 1.99. The molecule has 0 N–H and O–H groups in total. The van der Waals surface area contributed by atoms with E-state index in [1.54, 1.807) is 5.38 Å². The highest BCUT2D eigenvalue weighted by Crippen LogP contribution is 2.33. The lowest BCUT2D eigenvalue weighted by Crippen LogP contribution is -2.01. The van der Waals surface area contributed by atoms with Gasteiger partial charge in [0.05, 0.1) is 10.6 Å². The molecule has 3 aromatic rings. The largest absolute Gasteiger partial charge is 0.486 e. The van der Waals surface area contributed by atoms with Crippen molar-refractivity contribution in [3.05, 3.63) is 73.7 Å². The number of rotatable bonds is 7. The molecule has 1 aromatic carbocycles. The molecule has 0 aliphatic rings. The Labute approximate surface area is 156 Å². The van der Waals surface area contributed by atoms with E-state index in [1.807, 2.05) is 0 Å². The average Bonchev–Trinajstić information content (AvgIpc) is 3.08. The molecule has 3 rings (SSSR count). The summed E-state index contributed by atoms with van der Waals surface area (Å²) in [6.07, 6.45) is 2.34. The Hall–Kier alpha value is -2.78. The molecule has 0 unspecified atom stereocenters. The van der Waals surface area contributed by atoms with Crippen LogP contribution in [0.4, 0.5) is 10.1 Å². The van der Waals surface area contributed by atoms with Crippen molar-refractivity contribution in [2.45, 2.75) is 13.2 Å². The number of halogens is 2. The Morgan fingerprint density at radius 1 is 1.19 bits per heavy atom. The maximum absolute atomic E-state index is 12.8. The third-order valence-corrected chi connectivity index (χ3v) is 4.31. The Morgan fingerprint density at radius 2 is 1.96 bits per heavy atom. The number of benzene rings is 1. The molecule has 0 bridgehead atoms. The van der Waals surface area contributed by atoms with Crippen molar-refractivity contribution in [1.82, 2.24) is 9.97 Å². The number of pyridine rings is 1. The van der Waals surface area contributed by atoms with E-state index < -0.39 is 4.92 Å². The molecular weight excluding hydrogens is 385 g/mol. The SMILES string of the molecule is O=[N+]([O-])c1cncc(Cl)c1OCc1csc(COc2ccc(F)cc2)n1. The minimum absolute atomic E-state index is 0.0115. The second-order valence-electron chi connectivity index (χ2n) is 4.99. The number of aromatic nitrogens is 2. The molecule has 0 amide bonds. The van der Waals surface area contributed by atoms with Gasteiger partial charge in [-0.2, -0.15) is 0 Å². The number of hydrogen-bond donors (Lipinski definition) is 0. The zero-order chi connectivity index (χ0) is 18.5. The molecule has 26 heavy (non-hydrogen) atoms. The Morgan fingerprint density at radius 3 is 2.69 bits per heavy atom. The first-order valence-corrected chi connectivity index (χ1v) is 8.51. The normalized spacial score (nSPS) is 10.5. The van der Waals surface area contributed by atoms with Crippen LogP contribution in [0.5, 0.6) is 11.5 Å². The molecular formula is C16H11ClFN3O4S. The summed E-state index contributed by atoms with van der Waals surface area (Å²) >= 11 is 7.27. The first kappa shape index (κ1) is 18.0. The predicted octanol–water partition coefficient (Wildman–Crippen LogP) is 4.40. The van der Waals surface area contributed by atoms with Crippen molar-refractivity contribution in [2.24, 2.45) is 0 Å². The van der Waals surface area contributed by atoms with E-state index >= 15 is 0 Å². The molecule has 2 aromatic heterocycles. The van der Waals surface area contributed by atoms with Crippen LogP contribution in [-0.4, -0.2) is 14.9 Å². The van der Waals surface area contributed by atoms with E-state index in [1.165, 1.54) is 41.8 Å². The first-order chi connectivity index (χ1) is 12.5. The molecule has 0 fully saturated rings. The molecule has 0 radical (unpaired) electrons. The monoisotopic (exact) mass is 395 g/mol. The number of hydrogen-bond acceptors (Lipinski definition) is 7. The Bertz CT molecular complexity index is 920. The highest BCUT2D eigenvalue weighted by molar-refractivity contribution is 7.09. The van der Waals surface area contributed by atoms with E-state index in [4.69, 9.17) is 21.1 Å². The number of nitro groups is 1. The second kappa shape index (κ2) is 8.07. The van der Waals surface area contributed by atoms with Crippen molar-refractivity contribution in [3.63, 3.8) is 0 Å². The van der Waals surface area contributed by atoms with E-state index in [9.17, 15) is 14.5 Å². The quantitative estimate of drug-likeness (QED) is 0.435. The maximum Gasteiger partial charge on any atom is 0.330 e.